The van der Waals surface area contributed by atoms with E-state index in [1.165, 1.54) is 0 Å². The lowest BCUT2D eigenvalue weighted by Crippen LogP contribution is -2.38. The Labute approximate surface area is 137 Å². The van der Waals surface area contributed by atoms with E-state index in [0.717, 1.165) is 37.8 Å². The van der Waals surface area contributed by atoms with Crippen LogP contribution in [0.1, 0.15) is 38.5 Å². The van der Waals surface area contributed by atoms with Crippen LogP contribution >= 0.6 is 0 Å². The second-order valence-corrected chi connectivity index (χ2v) is 8.68. The molecule has 124 valence electrons. The number of anilines is 1. The van der Waals surface area contributed by atoms with Gasteiger partial charge in [0.05, 0.1) is 4.90 Å². The first kappa shape index (κ1) is 15.1. The average molecular weight is 334 g/mol. The molecule has 1 heterocycles. The number of amides is 1. The fourth-order valence-electron chi connectivity index (χ4n) is 3.46. The molecule has 2 saturated carbocycles. The highest BCUT2D eigenvalue weighted by Crippen LogP contribution is 2.45. The van der Waals surface area contributed by atoms with E-state index in [9.17, 15) is 13.2 Å². The van der Waals surface area contributed by atoms with Crippen molar-refractivity contribution in [2.75, 3.05) is 11.4 Å². The number of sulfonamides is 1. The Morgan fingerprint density at radius 1 is 1.04 bits per heavy atom. The number of benzene rings is 1. The molecule has 1 aromatic rings. The molecule has 5 nitrogen and oxygen atoms in total. The van der Waals surface area contributed by atoms with Gasteiger partial charge in [0, 0.05) is 24.7 Å². The minimum absolute atomic E-state index is 0.111. The Hall–Kier alpha value is -1.40. The first-order valence-electron chi connectivity index (χ1n) is 8.47. The molecule has 23 heavy (non-hydrogen) atoms. The highest BCUT2D eigenvalue weighted by molar-refractivity contribution is 7.89. The minimum Gasteiger partial charge on any atom is -0.312 e. The molecule has 0 unspecified atom stereocenters. The Balaban J connectivity index is 1.51. The maximum Gasteiger partial charge on any atom is 0.240 e. The van der Waals surface area contributed by atoms with E-state index in [1.807, 2.05) is 0 Å². The van der Waals surface area contributed by atoms with Gasteiger partial charge >= 0.3 is 0 Å². The van der Waals surface area contributed by atoms with E-state index in [4.69, 9.17) is 0 Å². The van der Waals surface area contributed by atoms with Crippen LogP contribution in [0.2, 0.25) is 0 Å². The summed E-state index contributed by atoms with van der Waals surface area (Å²) in [5.74, 6) is 1.17. The van der Waals surface area contributed by atoms with Crippen molar-refractivity contribution < 1.29 is 13.2 Å². The lowest BCUT2D eigenvalue weighted by Gasteiger charge is -2.19. The van der Waals surface area contributed by atoms with Gasteiger partial charge in [-0.15, -0.1) is 0 Å². The predicted octanol–water partition coefficient (Wildman–Crippen LogP) is 2.28. The first-order valence-corrected chi connectivity index (χ1v) is 9.96. The lowest BCUT2D eigenvalue weighted by molar-refractivity contribution is -0.117. The minimum atomic E-state index is -3.48. The Kier molecular flexibility index (Phi) is 3.69. The van der Waals surface area contributed by atoms with Crippen molar-refractivity contribution >= 4 is 21.6 Å². The quantitative estimate of drug-likeness (QED) is 0.868. The summed E-state index contributed by atoms with van der Waals surface area (Å²) in [5.41, 5.74) is 0.785. The predicted molar refractivity (Wildman–Crippen MR) is 87.6 cm³/mol. The standard InChI is InChI=1S/C17H22N2O3S/c20-16-2-1-11-19(16)14-7-9-15(10-8-14)23(21,22)18-17(12-3-4-12)13-5-6-13/h7-10,12-13,17-18H,1-6,11H2. The monoisotopic (exact) mass is 334 g/mol. The number of hydrogen-bond donors (Lipinski definition) is 1. The molecule has 1 saturated heterocycles. The van der Waals surface area contributed by atoms with Crippen LogP contribution in [0, 0.1) is 11.8 Å². The van der Waals surface area contributed by atoms with E-state index in [2.05, 4.69) is 4.72 Å². The topological polar surface area (TPSA) is 66.5 Å². The van der Waals surface area contributed by atoms with Crippen molar-refractivity contribution in [2.45, 2.75) is 49.5 Å². The molecular weight excluding hydrogens is 312 g/mol. The normalized spacial score (nSPS) is 22.1. The fourth-order valence-corrected chi connectivity index (χ4v) is 4.84. The molecular formula is C17H22N2O3S. The molecule has 0 radical (unpaired) electrons. The van der Waals surface area contributed by atoms with Gasteiger partial charge in [0.1, 0.15) is 0 Å². The molecule has 1 aromatic carbocycles. The van der Waals surface area contributed by atoms with Gasteiger partial charge in [-0.2, -0.15) is 0 Å². The van der Waals surface area contributed by atoms with E-state index < -0.39 is 10.0 Å². The average Bonchev–Trinajstić information content (AvgIpc) is 3.44. The number of carbonyl (C=O) groups excluding carboxylic acids is 1. The Bertz CT molecular complexity index is 694. The van der Waals surface area contributed by atoms with Gasteiger partial charge < -0.3 is 4.90 Å². The van der Waals surface area contributed by atoms with Gasteiger partial charge in [0.15, 0.2) is 0 Å². The van der Waals surface area contributed by atoms with Crippen molar-refractivity contribution in [2.24, 2.45) is 11.8 Å². The van der Waals surface area contributed by atoms with E-state index in [1.54, 1.807) is 29.2 Å². The van der Waals surface area contributed by atoms with Crippen LogP contribution in [-0.4, -0.2) is 26.9 Å². The summed E-state index contributed by atoms with van der Waals surface area (Å²) in [4.78, 5) is 13.8. The zero-order chi connectivity index (χ0) is 16.0. The van der Waals surface area contributed by atoms with Crippen LogP contribution in [0.15, 0.2) is 29.2 Å². The van der Waals surface area contributed by atoms with Crippen molar-refractivity contribution in [1.29, 1.82) is 0 Å². The number of hydrogen-bond acceptors (Lipinski definition) is 3. The summed E-state index contributed by atoms with van der Waals surface area (Å²) in [7, 11) is -3.48. The third-order valence-electron chi connectivity index (χ3n) is 5.08. The molecule has 3 aliphatic rings. The molecule has 0 atom stereocenters. The van der Waals surface area contributed by atoms with Gasteiger partial charge in [-0.1, -0.05) is 0 Å². The second-order valence-electron chi connectivity index (χ2n) is 6.96. The molecule has 0 spiro atoms. The van der Waals surface area contributed by atoms with Gasteiger partial charge in [-0.3, -0.25) is 4.79 Å². The van der Waals surface area contributed by atoms with Crippen LogP contribution in [0.4, 0.5) is 5.69 Å². The molecule has 1 aliphatic heterocycles. The Morgan fingerprint density at radius 3 is 2.13 bits per heavy atom. The summed E-state index contributed by atoms with van der Waals surface area (Å²) in [5, 5.41) is 0. The van der Waals surface area contributed by atoms with Gasteiger partial charge in [-0.05, 0) is 68.2 Å². The van der Waals surface area contributed by atoms with Crippen molar-refractivity contribution in [1.82, 2.24) is 4.72 Å². The van der Waals surface area contributed by atoms with Crippen LogP contribution in [0.3, 0.4) is 0 Å². The molecule has 3 fully saturated rings. The second kappa shape index (κ2) is 5.60. The van der Waals surface area contributed by atoms with Crippen molar-refractivity contribution in [3.05, 3.63) is 24.3 Å². The number of rotatable bonds is 6. The Morgan fingerprint density at radius 2 is 1.65 bits per heavy atom. The van der Waals surface area contributed by atoms with Gasteiger partial charge in [0.2, 0.25) is 15.9 Å². The molecule has 0 bridgehead atoms. The first-order chi connectivity index (χ1) is 11.0. The molecule has 2 aliphatic carbocycles. The van der Waals surface area contributed by atoms with Crippen molar-refractivity contribution in [3.8, 4) is 0 Å². The van der Waals surface area contributed by atoms with Crippen molar-refractivity contribution in [3.63, 3.8) is 0 Å². The molecule has 0 aromatic heterocycles. The molecule has 1 N–H and O–H groups in total. The summed E-state index contributed by atoms with van der Waals surface area (Å²) in [6, 6.07) is 6.81. The van der Waals surface area contributed by atoms with E-state index >= 15 is 0 Å². The molecule has 4 rings (SSSR count). The molecule has 1 amide bonds. The van der Waals surface area contributed by atoms with Crippen LogP contribution < -0.4 is 9.62 Å². The number of nitrogens with zero attached hydrogens (tertiary/aromatic N) is 1. The fraction of sp³-hybridized carbons (Fsp3) is 0.588. The van der Waals surface area contributed by atoms with Gasteiger partial charge in [-0.25, -0.2) is 13.1 Å². The number of nitrogens with one attached hydrogen (secondary N) is 1. The van der Waals surface area contributed by atoms with E-state index in [-0.39, 0.29) is 11.9 Å². The highest BCUT2D eigenvalue weighted by Gasteiger charge is 2.43. The van der Waals surface area contributed by atoms with Crippen LogP contribution in [-0.2, 0) is 14.8 Å². The smallest absolute Gasteiger partial charge is 0.240 e. The summed E-state index contributed by atoms with van der Waals surface area (Å²) >= 11 is 0. The summed E-state index contributed by atoms with van der Waals surface area (Å²) in [6.45, 7) is 0.717. The van der Waals surface area contributed by atoms with Crippen LogP contribution in [0.5, 0.6) is 0 Å². The SMILES string of the molecule is O=C1CCCN1c1ccc(S(=O)(=O)NC(C2CC2)C2CC2)cc1. The zero-order valence-electron chi connectivity index (χ0n) is 13.1. The maximum absolute atomic E-state index is 12.6. The van der Waals surface area contributed by atoms with Crippen LogP contribution in [0.25, 0.3) is 0 Å². The third-order valence-corrected chi connectivity index (χ3v) is 6.56. The summed E-state index contributed by atoms with van der Waals surface area (Å²) in [6.07, 6.45) is 6.00. The largest absolute Gasteiger partial charge is 0.312 e. The highest BCUT2D eigenvalue weighted by atomic mass is 32.2. The number of carbonyl (C=O) groups is 1. The third kappa shape index (κ3) is 3.15. The molecule has 6 heteroatoms. The van der Waals surface area contributed by atoms with E-state index in [0.29, 0.717) is 29.7 Å². The maximum atomic E-state index is 12.6. The van der Waals surface area contributed by atoms with Gasteiger partial charge in [0.25, 0.3) is 0 Å². The lowest BCUT2D eigenvalue weighted by atomic mass is 10.1. The zero-order valence-corrected chi connectivity index (χ0v) is 13.9. The summed E-state index contributed by atoms with van der Waals surface area (Å²) < 4.78 is 28.1.